The zero-order valence-electron chi connectivity index (χ0n) is 13.3. The first-order valence-electron chi connectivity index (χ1n) is 7.59. The third-order valence-corrected chi connectivity index (χ3v) is 4.41. The van der Waals surface area contributed by atoms with E-state index in [1.165, 1.54) is 0 Å². The molecule has 2 aliphatic rings. The fraction of sp³-hybridized carbons (Fsp3) is 0.929. The van der Waals surface area contributed by atoms with Crippen molar-refractivity contribution in [1.82, 2.24) is 15.1 Å². The van der Waals surface area contributed by atoms with Crippen LogP contribution in [0.15, 0.2) is 0 Å². The third kappa shape index (κ3) is 8.18. The van der Waals surface area contributed by atoms with Crippen molar-refractivity contribution in [2.75, 3.05) is 46.3 Å². The molecule has 0 aromatic carbocycles. The molecule has 134 valence electrons. The second-order valence-electron chi connectivity index (χ2n) is 6.06. The Bertz CT molecular complexity index is 302. The molecule has 2 unspecified atom stereocenters. The number of likely N-dealkylation sites (N-methyl/N-ethyl adjacent to an activating group) is 1. The Labute approximate surface area is 153 Å². The van der Waals surface area contributed by atoms with Gasteiger partial charge in [-0.15, -0.1) is 37.2 Å². The number of hydrogen-bond donors (Lipinski definition) is 2. The maximum Gasteiger partial charge on any atom is 0.223 e. The van der Waals surface area contributed by atoms with Gasteiger partial charge in [-0.05, 0) is 26.3 Å². The number of piperazine rings is 1. The highest BCUT2D eigenvalue weighted by molar-refractivity contribution is 5.86. The van der Waals surface area contributed by atoms with Gasteiger partial charge in [0.25, 0.3) is 0 Å². The van der Waals surface area contributed by atoms with E-state index in [1.54, 1.807) is 0 Å². The normalized spacial score (nSPS) is 26.1. The number of rotatable bonds is 4. The molecule has 0 radical (unpaired) electrons. The van der Waals surface area contributed by atoms with E-state index >= 15 is 0 Å². The Morgan fingerprint density at radius 2 is 1.77 bits per heavy atom. The van der Waals surface area contributed by atoms with Crippen molar-refractivity contribution in [3.05, 3.63) is 0 Å². The summed E-state index contributed by atoms with van der Waals surface area (Å²) in [7, 11) is 2.16. The lowest BCUT2D eigenvalue weighted by Crippen LogP contribution is -2.47. The summed E-state index contributed by atoms with van der Waals surface area (Å²) in [6, 6.07) is 0.224. The third-order valence-electron chi connectivity index (χ3n) is 4.41. The van der Waals surface area contributed by atoms with Crippen molar-refractivity contribution in [2.45, 2.75) is 31.7 Å². The summed E-state index contributed by atoms with van der Waals surface area (Å²) in [5.74, 6) is 0.362. The van der Waals surface area contributed by atoms with Crippen molar-refractivity contribution in [2.24, 2.45) is 11.7 Å². The minimum absolute atomic E-state index is 0. The lowest BCUT2D eigenvalue weighted by atomic mass is 9.85. The molecule has 22 heavy (non-hydrogen) atoms. The number of nitrogens with one attached hydrogen (secondary N) is 1. The molecule has 2 atom stereocenters. The zero-order valence-corrected chi connectivity index (χ0v) is 15.8. The summed E-state index contributed by atoms with van der Waals surface area (Å²) in [4.78, 5) is 16.8. The van der Waals surface area contributed by atoms with Crippen molar-refractivity contribution >= 4 is 43.1 Å². The largest absolute Gasteiger partial charge is 0.355 e. The van der Waals surface area contributed by atoms with Gasteiger partial charge in [0.1, 0.15) is 0 Å². The van der Waals surface area contributed by atoms with E-state index in [1.807, 2.05) is 0 Å². The highest BCUT2D eigenvalue weighted by atomic mass is 35.5. The van der Waals surface area contributed by atoms with Crippen LogP contribution in [0.4, 0.5) is 0 Å². The Morgan fingerprint density at radius 1 is 1.14 bits per heavy atom. The zero-order chi connectivity index (χ0) is 13.7. The molecule has 2 fully saturated rings. The molecule has 1 heterocycles. The van der Waals surface area contributed by atoms with E-state index < -0.39 is 0 Å². The van der Waals surface area contributed by atoms with E-state index in [2.05, 4.69) is 22.2 Å². The molecule has 1 aliphatic heterocycles. The molecule has 1 aliphatic carbocycles. The highest BCUT2D eigenvalue weighted by Gasteiger charge is 2.25. The lowest BCUT2D eigenvalue weighted by Gasteiger charge is -2.32. The fourth-order valence-electron chi connectivity index (χ4n) is 3.02. The molecule has 0 spiro atoms. The van der Waals surface area contributed by atoms with Gasteiger partial charge in [0, 0.05) is 51.2 Å². The van der Waals surface area contributed by atoms with Crippen LogP contribution < -0.4 is 11.1 Å². The smallest absolute Gasteiger partial charge is 0.223 e. The second-order valence-corrected chi connectivity index (χ2v) is 6.06. The van der Waals surface area contributed by atoms with Crippen LogP contribution in [0, 0.1) is 5.92 Å². The molecule has 2 rings (SSSR count). The molecule has 0 aromatic heterocycles. The van der Waals surface area contributed by atoms with Gasteiger partial charge in [-0.2, -0.15) is 0 Å². The number of hydrogen-bond acceptors (Lipinski definition) is 4. The van der Waals surface area contributed by atoms with Crippen LogP contribution in [0.1, 0.15) is 25.7 Å². The van der Waals surface area contributed by atoms with Gasteiger partial charge >= 0.3 is 0 Å². The van der Waals surface area contributed by atoms with Gasteiger partial charge in [0.2, 0.25) is 5.91 Å². The van der Waals surface area contributed by atoms with Gasteiger partial charge < -0.3 is 16.0 Å². The van der Waals surface area contributed by atoms with Crippen molar-refractivity contribution < 1.29 is 4.79 Å². The molecule has 5 nitrogen and oxygen atoms in total. The van der Waals surface area contributed by atoms with Crippen LogP contribution in [-0.4, -0.2) is 68.1 Å². The maximum absolute atomic E-state index is 12.0. The monoisotopic (exact) mass is 376 g/mol. The summed E-state index contributed by atoms with van der Waals surface area (Å²) in [6.45, 7) is 6.23. The fourth-order valence-corrected chi connectivity index (χ4v) is 3.02. The van der Waals surface area contributed by atoms with Crippen LogP contribution in [0.25, 0.3) is 0 Å². The Balaban J connectivity index is 0. The number of nitrogens with zero attached hydrogens (tertiary/aromatic N) is 2. The van der Waals surface area contributed by atoms with Crippen LogP contribution in [0.3, 0.4) is 0 Å². The van der Waals surface area contributed by atoms with Crippen LogP contribution in [-0.2, 0) is 4.79 Å². The summed E-state index contributed by atoms with van der Waals surface area (Å²) in [5.41, 5.74) is 5.93. The van der Waals surface area contributed by atoms with Gasteiger partial charge in [-0.25, -0.2) is 0 Å². The second kappa shape index (κ2) is 12.6. The first-order chi connectivity index (χ1) is 9.15. The predicted molar refractivity (Wildman–Crippen MR) is 98.6 cm³/mol. The number of halogens is 3. The molecule has 0 aromatic rings. The van der Waals surface area contributed by atoms with E-state index in [9.17, 15) is 4.79 Å². The quantitative estimate of drug-likeness (QED) is 0.771. The minimum atomic E-state index is 0. The van der Waals surface area contributed by atoms with Gasteiger partial charge in [-0.3, -0.25) is 9.69 Å². The molecule has 1 amide bonds. The predicted octanol–water partition coefficient (Wildman–Crippen LogP) is 1.13. The summed E-state index contributed by atoms with van der Waals surface area (Å²) >= 11 is 0. The van der Waals surface area contributed by atoms with Crippen molar-refractivity contribution in [3.63, 3.8) is 0 Å². The Morgan fingerprint density at radius 3 is 2.36 bits per heavy atom. The number of nitrogens with two attached hydrogens (primary N) is 1. The molecule has 3 N–H and O–H groups in total. The molecule has 1 saturated heterocycles. The summed E-state index contributed by atoms with van der Waals surface area (Å²) in [5, 5.41) is 3.08. The van der Waals surface area contributed by atoms with E-state index in [0.29, 0.717) is 0 Å². The number of amides is 1. The maximum atomic E-state index is 12.0. The van der Waals surface area contributed by atoms with Crippen molar-refractivity contribution in [3.8, 4) is 0 Å². The van der Waals surface area contributed by atoms with Crippen LogP contribution in [0.2, 0.25) is 0 Å². The average Bonchev–Trinajstić information content (AvgIpc) is 2.41. The Kier molecular flexibility index (Phi) is 14.0. The molecule has 8 heteroatoms. The first-order valence-corrected chi connectivity index (χ1v) is 7.59. The first kappa shape index (κ1) is 24.5. The number of carbonyl (C=O) groups is 1. The minimum Gasteiger partial charge on any atom is -0.355 e. The van der Waals surface area contributed by atoms with Gasteiger partial charge in [0.15, 0.2) is 0 Å². The van der Waals surface area contributed by atoms with Gasteiger partial charge in [0.05, 0.1) is 0 Å². The molecular weight excluding hydrogens is 347 g/mol. The topological polar surface area (TPSA) is 61.6 Å². The van der Waals surface area contributed by atoms with Crippen molar-refractivity contribution in [1.29, 1.82) is 0 Å². The van der Waals surface area contributed by atoms with E-state index in [-0.39, 0.29) is 55.1 Å². The van der Waals surface area contributed by atoms with Crippen LogP contribution >= 0.6 is 37.2 Å². The van der Waals surface area contributed by atoms with Crippen LogP contribution in [0.5, 0.6) is 0 Å². The molecule has 1 saturated carbocycles. The summed E-state index contributed by atoms with van der Waals surface area (Å²) < 4.78 is 0. The van der Waals surface area contributed by atoms with E-state index in [4.69, 9.17) is 5.73 Å². The Hall–Kier alpha value is 0.220. The molecular formula is C14H31Cl3N4O. The summed E-state index contributed by atoms with van der Waals surface area (Å²) in [6.07, 6.45) is 4.04. The average molecular weight is 378 g/mol. The highest BCUT2D eigenvalue weighted by Crippen LogP contribution is 2.22. The van der Waals surface area contributed by atoms with E-state index in [0.717, 1.165) is 65.0 Å². The lowest BCUT2D eigenvalue weighted by molar-refractivity contribution is -0.126. The van der Waals surface area contributed by atoms with Gasteiger partial charge in [-0.1, -0.05) is 6.42 Å². The standard InChI is InChI=1S/C14H28N4O.3ClH/c1-17-7-9-18(10-8-17)6-5-16-14(19)12-3-2-4-13(15)11-12;;;/h12-13H,2-11,15H2,1H3,(H,16,19);3*1H. The SMILES string of the molecule is CN1CCN(CCNC(=O)C2CCCC(N)C2)CC1.Cl.Cl.Cl. The number of carbonyl (C=O) groups excluding carboxylic acids is 1. The molecule has 0 bridgehead atoms.